The van der Waals surface area contributed by atoms with Crippen molar-refractivity contribution in [2.45, 2.75) is 63.2 Å². The molecule has 2 aromatic carbocycles. The Bertz CT molecular complexity index is 1440. The number of ether oxygens (including phenoxy) is 2. The van der Waals surface area contributed by atoms with Gasteiger partial charge in [-0.15, -0.1) is 6.58 Å². The van der Waals surface area contributed by atoms with Crippen LogP contribution in [0.2, 0.25) is 18.1 Å². The van der Waals surface area contributed by atoms with Crippen LogP contribution in [0.3, 0.4) is 0 Å². The average molecular weight is 617 g/mol. The quantitative estimate of drug-likeness (QED) is 0.257. The summed E-state index contributed by atoms with van der Waals surface area (Å²) in [5.41, 5.74) is 0.768. The van der Waals surface area contributed by atoms with Gasteiger partial charge in [0.2, 0.25) is 0 Å². The second-order valence-corrected chi connectivity index (χ2v) is 17.5. The lowest BCUT2D eigenvalue weighted by Gasteiger charge is -2.47. The van der Waals surface area contributed by atoms with Crippen LogP contribution in [-0.2, 0) is 25.9 Å². The molecule has 1 saturated heterocycles. The molecule has 2 amide bonds. The number of piperidine rings is 1. The fourth-order valence-electron chi connectivity index (χ4n) is 9.00. The number of methoxy groups -OCH3 is 1. The van der Waals surface area contributed by atoms with Crippen molar-refractivity contribution < 1.29 is 28.6 Å². The van der Waals surface area contributed by atoms with Crippen LogP contribution in [0.5, 0.6) is 0 Å². The summed E-state index contributed by atoms with van der Waals surface area (Å²) in [5, 5.41) is 12.4. The van der Waals surface area contributed by atoms with Crippen molar-refractivity contribution in [2.24, 2.45) is 23.2 Å². The summed E-state index contributed by atoms with van der Waals surface area (Å²) in [6.07, 6.45) is 4.02. The summed E-state index contributed by atoms with van der Waals surface area (Å²) in [6, 6.07) is 19.9. The molecule has 2 aliphatic heterocycles. The van der Waals surface area contributed by atoms with Crippen molar-refractivity contribution >= 4 is 26.2 Å². The molecule has 4 bridgehead atoms. The third-order valence-electron chi connectivity index (χ3n) is 11.3. The fourth-order valence-corrected chi connectivity index (χ4v) is 11.7. The summed E-state index contributed by atoms with van der Waals surface area (Å²) in [6.45, 7) is 12.0. The number of hydrogen-bond donors (Lipinski definition) is 1. The molecule has 0 aromatic heterocycles. The Morgan fingerprint density at radius 3 is 2.39 bits per heavy atom. The van der Waals surface area contributed by atoms with Gasteiger partial charge < -0.3 is 23.9 Å². The first-order valence-corrected chi connectivity index (χ1v) is 18.4. The number of allylic oxidation sites excluding steroid dienone is 1. The molecule has 1 saturated carbocycles. The number of nitrogens with zero attached hydrogens (tertiary/aromatic N) is 2. The van der Waals surface area contributed by atoms with Crippen molar-refractivity contribution in [3.63, 3.8) is 0 Å². The number of benzene rings is 2. The van der Waals surface area contributed by atoms with Crippen LogP contribution in [0.1, 0.15) is 31.9 Å². The molecule has 44 heavy (non-hydrogen) atoms. The molecule has 9 heteroatoms. The second-order valence-electron chi connectivity index (χ2n) is 12.7. The first-order valence-electron chi connectivity index (χ1n) is 15.9. The highest BCUT2D eigenvalue weighted by molar-refractivity contribution is 6.73. The molecular formula is C35H44N2O6Si. The highest BCUT2D eigenvalue weighted by Gasteiger charge is 2.76. The predicted molar refractivity (Wildman–Crippen MR) is 172 cm³/mol. The Kier molecular flexibility index (Phi) is 8.01. The lowest BCUT2D eigenvalue weighted by Crippen LogP contribution is -2.55. The first kappa shape index (κ1) is 30.6. The lowest BCUT2D eigenvalue weighted by molar-refractivity contribution is 0.0421. The number of hydrogen-bond acceptors (Lipinski definition) is 6. The molecular weight excluding hydrogens is 572 g/mol. The predicted octanol–water partition coefficient (Wildman–Crippen LogP) is 6.48. The van der Waals surface area contributed by atoms with Gasteiger partial charge in [-0.3, -0.25) is 0 Å². The molecule has 234 valence electrons. The molecule has 2 heterocycles. The molecule has 2 fully saturated rings. The molecule has 4 aliphatic rings. The largest absolute Gasteiger partial charge is 0.453 e. The van der Waals surface area contributed by atoms with E-state index in [1.807, 2.05) is 65.6 Å². The van der Waals surface area contributed by atoms with Gasteiger partial charge in [0.05, 0.1) is 18.2 Å². The Balaban J connectivity index is 1.42. The van der Waals surface area contributed by atoms with Crippen molar-refractivity contribution in [1.82, 2.24) is 4.90 Å². The number of carbonyl (C=O) groups excluding carboxylic acids is 2. The Labute approximate surface area is 261 Å². The third kappa shape index (κ3) is 4.23. The summed E-state index contributed by atoms with van der Waals surface area (Å²) in [7, 11) is -0.516. The minimum atomic E-state index is -1.93. The number of aliphatic hydroxyl groups excluding tert-OH is 1. The number of likely N-dealkylation sites (tertiary alicyclic amines) is 1. The van der Waals surface area contributed by atoms with E-state index in [-0.39, 0.29) is 30.4 Å². The molecule has 7 atom stereocenters. The molecule has 8 nitrogen and oxygen atoms in total. The van der Waals surface area contributed by atoms with Gasteiger partial charge in [0.25, 0.3) is 0 Å². The third-order valence-corrected chi connectivity index (χ3v) is 16.0. The van der Waals surface area contributed by atoms with Gasteiger partial charge in [0.15, 0.2) is 14.5 Å². The number of rotatable bonds is 9. The number of aliphatic hydroxyl groups is 1. The van der Waals surface area contributed by atoms with Gasteiger partial charge in [-0.05, 0) is 41.2 Å². The monoisotopic (exact) mass is 616 g/mol. The van der Waals surface area contributed by atoms with E-state index in [1.165, 1.54) is 12.0 Å². The zero-order valence-corrected chi connectivity index (χ0v) is 27.1. The zero-order valence-electron chi connectivity index (χ0n) is 26.1. The molecule has 0 radical (unpaired) electrons. The van der Waals surface area contributed by atoms with E-state index in [9.17, 15) is 14.7 Å². The van der Waals surface area contributed by atoms with E-state index in [1.54, 1.807) is 0 Å². The minimum Gasteiger partial charge on any atom is -0.453 e. The van der Waals surface area contributed by atoms with Crippen LogP contribution in [0, 0.1) is 23.2 Å². The number of fused-ring (bicyclic) bond motifs is 2. The normalized spacial score (nSPS) is 31.3. The van der Waals surface area contributed by atoms with Crippen molar-refractivity contribution in [3.05, 3.63) is 90.5 Å². The van der Waals surface area contributed by atoms with Crippen LogP contribution in [0.15, 0.2) is 79.4 Å². The summed E-state index contributed by atoms with van der Waals surface area (Å²) in [5.74, 6) is -0.215. The van der Waals surface area contributed by atoms with Crippen LogP contribution in [0.25, 0.3) is 0 Å². The van der Waals surface area contributed by atoms with Gasteiger partial charge in [0, 0.05) is 36.4 Å². The summed E-state index contributed by atoms with van der Waals surface area (Å²) in [4.78, 5) is 30.3. The summed E-state index contributed by atoms with van der Waals surface area (Å²) >= 11 is 0. The maximum absolute atomic E-state index is 13.7. The average Bonchev–Trinajstić information content (AvgIpc) is 3.60. The highest BCUT2D eigenvalue weighted by Crippen LogP contribution is 2.71. The molecule has 2 aromatic rings. The van der Waals surface area contributed by atoms with Crippen molar-refractivity contribution in [1.29, 1.82) is 0 Å². The zero-order chi connectivity index (χ0) is 31.3. The van der Waals surface area contributed by atoms with E-state index < -0.39 is 37.6 Å². The van der Waals surface area contributed by atoms with Gasteiger partial charge in [-0.25, -0.2) is 14.5 Å². The highest BCUT2D eigenvalue weighted by atomic mass is 28.4. The Morgan fingerprint density at radius 2 is 1.73 bits per heavy atom. The van der Waals surface area contributed by atoms with Gasteiger partial charge in [0.1, 0.15) is 6.61 Å². The Hall–Kier alpha value is -3.40. The molecule has 2 aliphatic carbocycles. The van der Waals surface area contributed by atoms with Crippen molar-refractivity contribution in [2.75, 3.05) is 25.2 Å². The molecule has 1 unspecified atom stereocenters. The van der Waals surface area contributed by atoms with E-state index >= 15 is 0 Å². The van der Waals surface area contributed by atoms with E-state index in [0.29, 0.717) is 18.8 Å². The summed E-state index contributed by atoms with van der Waals surface area (Å²) < 4.78 is 18.0. The van der Waals surface area contributed by atoms with E-state index in [2.05, 4.69) is 39.5 Å². The maximum Gasteiger partial charge on any atom is 0.416 e. The number of amides is 2. The minimum absolute atomic E-state index is 0.0172. The fraction of sp³-hybridized carbons (Fsp3) is 0.486. The molecule has 6 rings (SSSR count). The Morgan fingerprint density at radius 1 is 1.05 bits per heavy atom. The van der Waals surface area contributed by atoms with Gasteiger partial charge >= 0.3 is 12.2 Å². The first-order chi connectivity index (χ1) is 21.3. The molecule has 1 spiro atoms. The number of para-hydroxylation sites is 1. The smallest absolute Gasteiger partial charge is 0.416 e. The van der Waals surface area contributed by atoms with Crippen LogP contribution in [-0.4, -0.2) is 63.0 Å². The lowest BCUT2D eigenvalue weighted by atomic mass is 9.56. The second kappa shape index (κ2) is 11.5. The maximum atomic E-state index is 13.7. The number of anilines is 1. The van der Waals surface area contributed by atoms with E-state index in [0.717, 1.165) is 29.3 Å². The topological polar surface area (TPSA) is 88.5 Å². The van der Waals surface area contributed by atoms with Crippen LogP contribution in [0.4, 0.5) is 15.3 Å². The van der Waals surface area contributed by atoms with Crippen molar-refractivity contribution in [3.8, 4) is 0 Å². The van der Waals surface area contributed by atoms with E-state index in [4.69, 9.17) is 13.9 Å². The standard InChI is InChI=1S/C35H44N2O6Si/c1-6-34-23-36(32(39)41-5)29-25(22-43-44(7-2,8-3)9-4)26(34)19-20-35(30(29)34)27-17-13-14-18-28(27)37(31(35)38)33(40)42-21-24-15-11-10-12-16-24/h6,10-20,25-26,29-31,38H,1,7-9,21-23H2,2-5H3/t25-,26+,29+,30-,31?,34-,35+/m0/s1. The SMILES string of the molecule is C=C[C@]12CN(C(=O)OC)[C@@H]3[C@@H](CO[Si](CC)(CC)CC)[C@H]1C=C[C@@]1(c4ccccc4N(C(=O)OCc4ccccc4)C1O)[C@@H]32. The van der Waals surface area contributed by atoms with Gasteiger partial charge in [-0.1, -0.05) is 87.5 Å². The van der Waals surface area contributed by atoms with Crippen LogP contribution < -0.4 is 4.90 Å². The molecule has 1 N–H and O–H groups in total. The van der Waals surface area contributed by atoms with Gasteiger partial charge in [-0.2, -0.15) is 0 Å². The van der Waals surface area contributed by atoms with Crippen LogP contribution >= 0.6 is 0 Å². The number of carbonyl (C=O) groups is 2.